The highest BCUT2D eigenvalue weighted by Gasteiger charge is 2.27. The zero-order valence-corrected chi connectivity index (χ0v) is 10.0. The lowest BCUT2D eigenvalue weighted by molar-refractivity contribution is -0.139. The molecule has 0 aromatic rings. The van der Waals surface area contributed by atoms with Crippen LogP contribution in [-0.2, 0) is 14.4 Å². The third-order valence-electron chi connectivity index (χ3n) is 2.13. The van der Waals surface area contributed by atoms with Crippen LogP contribution in [0.1, 0.15) is 20.3 Å². The molecule has 0 aromatic carbocycles. The predicted molar refractivity (Wildman–Crippen MR) is 60.9 cm³/mol. The van der Waals surface area contributed by atoms with Gasteiger partial charge in [-0.05, 0) is 5.92 Å². The van der Waals surface area contributed by atoms with E-state index in [0.717, 1.165) is 0 Å². The van der Waals surface area contributed by atoms with Crippen LogP contribution >= 0.6 is 0 Å². The molecule has 0 aliphatic rings. The molecule has 5 N–H and O–H groups in total. The summed E-state index contributed by atoms with van der Waals surface area (Å²) in [5.41, 5.74) is 7.00. The third-order valence-corrected chi connectivity index (χ3v) is 2.13. The monoisotopic (exact) mass is 260 g/mol. The number of carboxylic acids is 1. The number of nitrogens with one attached hydrogen (secondary N) is 2. The molecule has 0 rings (SSSR count). The van der Waals surface area contributed by atoms with Crippen molar-refractivity contribution in [3.63, 3.8) is 0 Å². The molecule has 0 aliphatic heterocycles. The molecule has 0 heterocycles. The Labute approximate surface area is 103 Å². The second-order valence-corrected chi connectivity index (χ2v) is 4.00. The van der Waals surface area contributed by atoms with E-state index in [9.17, 15) is 19.3 Å². The van der Waals surface area contributed by atoms with Crippen LogP contribution in [0.15, 0.2) is 5.29 Å². The molecule has 0 spiro atoms. The van der Waals surface area contributed by atoms with Crippen LogP contribution in [0.2, 0.25) is 0 Å². The fraction of sp³-hybridized carbons (Fsp3) is 0.667. The van der Waals surface area contributed by atoms with E-state index in [-0.39, 0.29) is 5.92 Å². The van der Waals surface area contributed by atoms with Gasteiger partial charge in [-0.1, -0.05) is 13.8 Å². The topological polar surface area (TPSA) is 151 Å². The van der Waals surface area contributed by atoms with Crippen molar-refractivity contribution in [2.45, 2.75) is 32.4 Å². The Morgan fingerprint density at radius 1 is 1.28 bits per heavy atom. The predicted octanol–water partition coefficient (Wildman–Crippen LogP) is -1.27. The number of hydrogen-bond acceptors (Lipinski definition) is 6. The fourth-order valence-electron chi connectivity index (χ4n) is 1.19. The molecule has 0 aliphatic carbocycles. The molecule has 0 unspecified atom stereocenters. The van der Waals surface area contributed by atoms with Gasteiger partial charge in [0.25, 0.3) is 5.91 Å². The molecule has 18 heavy (non-hydrogen) atoms. The van der Waals surface area contributed by atoms with Gasteiger partial charge in [0.15, 0.2) is 0 Å². The molecule has 9 heteroatoms. The molecule has 0 radical (unpaired) electrons. The van der Waals surface area contributed by atoms with E-state index in [1.165, 1.54) is 0 Å². The fourth-order valence-corrected chi connectivity index (χ4v) is 1.19. The summed E-state index contributed by atoms with van der Waals surface area (Å²) >= 11 is 0. The molecule has 0 fully saturated rings. The Morgan fingerprint density at radius 2 is 1.83 bits per heavy atom. The number of nitroso groups, excluding NO2 is 1. The Bertz CT molecular complexity index is 344. The number of amides is 2. The number of carbonyl (C=O) groups excluding carboxylic acids is 2. The number of rotatable bonds is 7. The first-order chi connectivity index (χ1) is 8.29. The molecule has 102 valence electrons. The van der Waals surface area contributed by atoms with Gasteiger partial charge in [-0.2, -0.15) is 0 Å². The summed E-state index contributed by atoms with van der Waals surface area (Å²) in [6.07, 6.45) is -0.551. The molecule has 0 aromatic heterocycles. The van der Waals surface area contributed by atoms with Crippen LogP contribution in [0.5, 0.6) is 0 Å². The van der Waals surface area contributed by atoms with Crippen LogP contribution in [0, 0.1) is 10.8 Å². The second-order valence-electron chi connectivity index (χ2n) is 4.00. The molecule has 0 bridgehead atoms. The number of carboxylic acid groups (broad SMARTS) is 1. The number of nitrogens with two attached hydrogens (primary N) is 1. The lowest BCUT2D eigenvalue weighted by Crippen LogP contribution is -2.53. The minimum absolute atomic E-state index is 0.312. The van der Waals surface area contributed by atoms with Crippen LogP contribution in [-0.4, -0.2) is 35.0 Å². The summed E-state index contributed by atoms with van der Waals surface area (Å²) in [5.74, 6) is -3.10. The van der Waals surface area contributed by atoms with Gasteiger partial charge in [0.2, 0.25) is 5.91 Å². The van der Waals surface area contributed by atoms with Gasteiger partial charge in [-0.15, -0.1) is 4.91 Å². The van der Waals surface area contributed by atoms with Gasteiger partial charge in [0, 0.05) is 0 Å². The maximum absolute atomic E-state index is 11.5. The molecule has 2 amide bonds. The Hall–Kier alpha value is -2.03. The van der Waals surface area contributed by atoms with E-state index < -0.39 is 36.3 Å². The van der Waals surface area contributed by atoms with Crippen molar-refractivity contribution in [3.05, 3.63) is 4.91 Å². The quantitative estimate of drug-likeness (QED) is 0.331. The first kappa shape index (κ1) is 16.0. The third kappa shape index (κ3) is 5.34. The van der Waals surface area contributed by atoms with Crippen molar-refractivity contribution in [3.8, 4) is 0 Å². The Kier molecular flexibility index (Phi) is 6.50. The maximum atomic E-state index is 11.5. The number of nitrogens with zero attached hydrogens (tertiary/aromatic N) is 1. The minimum atomic E-state index is -1.26. The van der Waals surface area contributed by atoms with Gasteiger partial charge in [-0.3, -0.25) is 14.4 Å². The van der Waals surface area contributed by atoms with Crippen molar-refractivity contribution in [1.29, 1.82) is 0 Å². The standard InChI is InChI=1S/C9H16N4O5/c1-4(2)7(9(17)12-13-18)11-8(16)5(10)3-6(14)15/h4-5,7H,3,10H2,1-2H3,(H,11,16)(H,14,15)(H,12,17,18)/t5-,7-/m0/s1. The van der Waals surface area contributed by atoms with Crippen molar-refractivity contribution in [2.75, 3.05) is 0 Å². The van der Waals surface area contributed by atoms with E-state index in [1.54, 1.807) is 19.3 Å². The van der Waals surface area contributed by atoms with Gasteiger partial charge in [0.05, 0.1) is 17.7 Å². The number of aliphatic carboxylic acids is 1. The van der Waals surface area contributed by atoms with Gasteiger partial charge < -0.3 is 16.2 Å². The van der Waals surface area contributed by atoms with Crippen LogP contribution < -0.4 is 16.5 Å². The Morgan fingerprint density at radius 3 is 2.22 bits per heavy atom. The molecule has 0 saturated heterocycles. The summed E-state index contributed by atoms with van der Waals surface area (Å²) in [5, 5.41) is 13.0. The van der Waals surface area contributed by atoms with Crippen molar-refractivity contribution in [2.24, 2.45) is 16.9 Å². The van der Waals surface area contributed by atoms with Crippen molar-refractivity contribution >= 4 is 17.8 Å². The van der Waals surface area contributed by atoms with Gasteiger partial charge in [-0.25, -0.2) is 5.43 Å². The SMILES string of the molecule is CC(C)[C@H](NC(=O)[C@@H](N)CC(=O)O)C(=O)NN=O. The first-order valence-corrected chi connectivity index (χ1v) is 5.19. The van der Waals surface area contributed by atoms with Crippen molar-refractivity contribution < 1.29 is 19.5 Å². The zero-order chi connectivity index (χ0) is 14.3. The van der Waals surface area contributed by atoms with Crippen LogP contribution in [0.3, 0.4) is 0 Å². The van der Waals surface area contributed by atoms with E-state index in [4.69, 9.17) is 10.8 Å². The summed E-state index contributed by atoms with van der Waals surface area (Å²) < 4.78 is 0. The van der Waals surface area contributed by atoms with Crippen LogP contribution in [0.4, 0.5) is 0 Å². The summed E-state index contributed by atoms with van der Waals surface area (Å²) in [6.45, 7) is 3.27. The largest absolute Gasteiger partial charge is 0.481 e. The maximum Gasteiger partial charge on any atom is 0.305 e. The summed E-state index contributed by atoms with van der Waals surface area (Å²) in [7, 11) is 0. The minimum Gasteiger partial charge on any atom is -0.481 e. The highest BCUT2D eigenvalue weighted by atomic mass is 16.4. The molecular weight excluding hydrogens is 244 g/mol. The lowest BCUT2D eigenvalue weighted by Gasteiger charge is -2.21. The van der Waals surface area contributed by atoms with E-state index in [2.05, 4.69) is 10.6 Å². The van der Waals surface area contributed by atoms with Crippen LogP contribution in [0.25, 0.3) is 0 Å². The van der Waals surface area contributed by atoms with E-state index in [0.29, 0.717) is 0 Å². The number of carbonyl (C=O) groups is 3. The second kappa shape index (κ2) is 7.33. The van der Waals surface area contributed by atoms with Gasteiger partial charge >= 0.3 is 5.97 Å². The lowest BCUT2D eigenvalue weighted by atomic mass is 10.0. The average Bonchev–Trinajstić information content (AvgIpc) is 2.24. The normalized spacial score (nSPS) is 13.6. The summed E-state index contributed by atoms with van der Waals surface area (Å²) in [6, 6.07) is -2.27. The summed E-state index contributed by atoms with van der Waals surface area (Å²) in [4.78, 5) is 43.2. The first-order valence-electron chi connectivity index (χ1n) is 5.19. The molecule has 9 nitrogen and oxygen atoms in total. The van der Waals surface area contributed by atoms with E-state index >= 15 is 0 Å². The van der Waals surface area contributed by atoms with Gasteiger partial charge in [0.1, 0.15) is 6.04 Å². The smallest absolute Gasteiger partial charge is 0.305 e. The van der Waals surface area contributed by atoms with Crippen molar-refractivity contribution in [1.82, 2.24) is 10.7 Å². The highest BCUT2D eigenvalue weighted by Crippen LogP contribution is 2.03. The van der Waals surface area contributed by atoms with E-state index in [1.807, 2.05) is 0 Å². The average molecular weight is 260 g/mol. The Balaban J connectivity index is 4.59. The molecule has 2 atom stereocenters. The molecular formula is C9H16N4O5. The molecule has 0 saturated carbocycles. The highest BCUT2D eigenvalue weighted by molar-refractivity contribution is 5.91. The zero-order valence-electron chi connectivity index (χ0n) is 10.0. The number of hydrogen-bond donors (Lipinski definition) is 4.